The molecular formula is C71H59N11O9S6. The summed E-state index contributed by atoms with van der Waals surface area (Å²) < 4.78 is 19.7. The standard InChI is InChI=1S/C32H27N5O4S2.C25H24N4O5.C14H8N2S4/c1-41-23-15-13-22(14-16-23)37-29-24(28(34-37)31(40)43-32-33-25-6-2-3-7-26(25)42-32)17-19-36(30(29)39)21-11-9-20(10-12-21)35-18-5-4-8-27(35)38;1-34-19-11-9-18(10-12-19)29-23-20(22(26-29)25(32)33)13-15-28(24(23)31)17-7-5-16(6-8-17)27-14-3-2-4-21(27)30;1-3-7-11-9(5-1)15-13(17-11)19-20-14-16-10-6-2-4-8-12(10)18-14/h2-3,6-7,9-16H,4-5,8,17-19H2,1H3;5-12H,2-4,13-15H2,1H3,(H,32,33);1-8H. The molecule has 9 heterocycles. The number of carboxylic acids is 1. The molecular weight excluding hydrogens is 1340 g/mol. The van der Waals surface area contributed by atoms with Crippen LogP contribution >= 0.6 is 67.4 Å². The largest absolute Gasteiger partial charge is 0.497 e. The Morgan fingerprint density at radius 1 is 0.423 bits per heavy atom. The number of anilines is 4. The number of fused-ring (bicyclic) bond motifs is 5. The van der Waals surface area contributed by atoms with E-state index >= 15 is 0 Å². The Hall–Kier alpha value is -9.70. The van der Waals surface area contributed by atoms with Crippen molar-refractivity contribution in [2.45, 2.75) is 64.4 Å². The van der Waals surface area contributed by atoms with Crippen LogP contribution in [0.3, 0.4) is 0 Å². The number of aromatic nitrogens is 7. The zero-order chi connectivity index (χ0) is 66.7. The number of benzene rings is 7. The van der Waals surface area contributed by atoms with Crippen molar-refractivity contribution in [2.24, 2.45) is 0 Å². The molecule has 7 aromatic carbocycles. The van der Waals surface area contributed by atoms with Gasteiger partial charge in [-0.05, 0) is 205 Å². The van der Waals surface area contributed by atoms with E-state index in [1.54, 1.807) is 114 Å². The van der Waals surface area contributed by atoms with Crippen LogP contribution in [0.15, 0.2) is 183 Å². The fourth-order valence-electron chi connectivity index (χ4n) is 12.0. The van der Waals surface area contributed by atoms with Crippen LogP contribution < -0.4 is 29.1 Å². The number of thiazole rings is 3. The van der Waals surface area contributed by atoms with Crippen molar-refractivity contribution >= 4 is 155 Å². The molecule has 1 N–H and O–H groups in total. The quantitative estimate of drug-likeness (QED) is 0.0788. The van der Waals surface area contributed by atoms with Gasteiger partial charge in [-0.2, -0.15) is 10.2 Å². The molecule has 20 nitrogen and oxygen atoms in total. The molecule has 4 aliphatic rings. The summed E-state index contributed by atoms with van der Waals surface area (Å²) in [5.41, 5.74) is 9.08. The molecule has 0 radical (unpaired) electrons. The van der Waals surface area contributed by atoms with Crippen molar-refractivity contribution < 1.29 is 43.3 Å². The second-order valence-electron chi connectivity index (χ2n) is 22.7. The number of thioether (sulfide) groups is 1. The van der Waals surface area contributed by atoms with Crippen molar-refractivity contribution in [3.05, 3.63) is 204 Å². The van der Waals surface area contributed by atoms with Gasteiger partial charge in [0.15, 0.2) is 18.7 Å². The predicted molar refractivity (Wildman–Crippen MR) is 384 cm³/mol. The zero-order valence-electron chi connectivity index (χ0n) is 52.2. The summed E-state index contributed by atoms with van der Waals surface area (Å²) in [5.74, 6) is -0.171. The van der Waals surface area contributed by atoms with Gasteiger partial charge in [0, 0.05) is 72.9 Å². The average molecular weight is 1400 g/mol. The van der Waals surface area contributed by atoms with Gasteiger partial charge in [0.05, 0.1) is 56.2 Å². The summed E-state index contributed by atoms with van der Waals surface area (Å²) in [6.07, 6.45) is 5.73. The molecule has 97 heavy (non-hydrogen) atoms. The highest BCUT2D eigenvalue weighted by atomic mass is 33.1. The lowest BCUT2D eigenvalue weighted by atomic mass is 10.0. The highest BCUT2D eigenvalue weighted by Crippen LogP contribution is 2.44. The number of amides is 4. The van der Waals surface area contributed by atoms with Gasteiger partial charge < -0.3 is 34.2 Å². The number of hydrogen-bond donors (Lipinski definition) is 1. The number of hydrogen-bond acceptors (Lipinski definition) is 19. The summed E-state index contributed by atoms with van der Waals surface area (Å²) in [4.78, 5) is 98.6. The van der Waals surface area contributed by atoms with Crippen molar-refractivity contribution in [1.82, 2.24) is 34.5 Å². The van der Waals surface area contributed by atoms with Crippen molar-refractivity contribution in [1.29, 1.82) is 0 Å². The van der Waals surface area contributed by atoms with E-state index in [2.05, 4.69) is 56.4 Å². The molecule has 0 atom stereocenters. The zero-order valence-corrected chi connectivity index (χ0v) is 57.1. The molecule has 0 saturated carbocycles. The fraction of sp³-hybridized carbons (Fsp3) is 0.197. The third-order valence-electron chi connectivity index (χ3n) is 16.8. The van der Waals surface area contributed by atoms with Gasteiger partial charge in [-0.25, -0.2) is 29.1 Å². The molecule has 0 spiro atoms. The van der Waals surface area contributed by atoms with Crippen LogP contribution in [0, 0.1) is 0 Å². The Morgan fingerprint density at radius 3 is 1.18 bits per heavy atom. The molecule has 4 amide bonds. The van der Waals surface area contributed by atoms with Gasteiger partial charge in [-0.3, -0.25) is 24.0 Å². The van der Waals surface area contributed by atoms with Crippen LogP contribution in [0.25, 0.3) is 42.0 Å². The smallest absolute Gasteiger partial charge is 0.356 e. The number of nitrogens with zero attached hydrogens (tertiary/aromatic N) is 11. The van der Waals surface area contributed by atoms with Crippen LogP contribution in [0.2, 0.25) is 0 Å². The lowest BCUT2D eigenvalue weighted by Gasteiger charge is -2.29. The van der Waals surface area contributed by atoms with Crippen LogP contribution in [0.5, 0.6) is 11.5 Å². The number of methoxy groups -OCH3 is 2. The van der Waals surface area contributed by atoms with Crippen molar-refractivity contribution in [3.63, 3.8) is 0 Å². The maximum absolute atomic E-state index is 14.1. The summed E-state index contributed by atoms with van der Waals surface area (Å²) in [6.45, 7) is 2.14. The predicted octanol–water partition coefficient (Wildman–Crippen LogP) is 15.1. The topological polar surface area (TPSA) is 228 Å². The molecule has 2 fully saturated rings. The fourth-order valence-corrected chi connectivity index (χ4v) is 18.4. The Labute approximate surface area is 580 Å². The van der Waals surface area contributed by atoms with Crippen LogP contribution in [0.4, 0.5) is 22.7 Å². The minimum atomic E-state index is -1.17. The van der Waals surface area contributed by atoms with Gasteiger partial charge in [0.25, 0.3) is 11.8 Å². The van der Waals surface area contributed by atoms with E-state index in [0.717, 1.165) is 84.4 Å². The van der Waals surface area contributed by atoms with Crippen molar-refractivity contribution in [2.75, 3.05) is 60.0 Å². The molecule has 4 aliphatic heterocycles. The van der Waals surface area contributed by atoms with Gasteiger partial charge >= 0.3 is 5.97 Å². The summed E-state index contributed by atoms with van der Waals surface area (Å²) in [5, 5.41) is 18.4. The number of carboxylic acid groups (broad SMARTS) is 1. The summed E-state index contributed by atoms with van der Waals surface area (Å²) >= 11 is 5.96. The first kappa shape index (κ1) is 64.6. The Balaban J connectivity index is 0.000000133. The lowest BCUT2D eigenvalue weighted by molar-refractivity contribution is -0.120. The average Bonchev–Trinajstić information content (AvgIpc) is 1.63. The number of rotatable bonds is 14. The Morgan fingerprint density at radius 2 is 0.784 bits per heavy atom. The van der Waals surface area contributed by atoms with Gasteiger partial charge in [-0.1, -0.05) is 36.4 Å². The lowest BCUT2D eigenvalue weighted by Crippen LogP contribution is -2.39. The molecule has 12 aromatic rings. The molecule has 26 heteroatoms. The second kappa shape index (κ2) is 28.6. The molecule has 2 saturated heterocycles. The first-order chi connectivity index (χ1) is 47.4. The van der Waals surface area contributed by atoms with Crippen LogP contribution in [-0.2, 0) is 22.4 Å². The van der Waals surface area contributed by atoms with Crippen LogP contribution in [0.1, 0.15) is 91.6 Å². The second-order valence-corrected chi connectivity index (χ2v) is 29.7. The van der Waals surface area contributed by atoms with E-state index in [9.17, 15) is 33.9 Å². The minimum absolute atomic E-state index is 0.113. The monoisotopic (exact) mass is 1400 g/mol. The summed E-state index contributed by atoms with van der Waals surface area (Å²) in [7, 11) is 6.52. The maximum atomic E-state index is 14.1. The number of carbonyl (C=O) groups excluding carboxylic acids is 5. The van der Waals surface area contributed by atoms with Gasteiger partial charge in [0.2, 0.25) is 16.9 Å². The van der Waals surface area contributed by atoms with Crippen molar-refractivity contribution in [3.8, 4) is 22.9 Å². The first-order valence-electron chi connectivity index (χ1n) is 31.2. The highest BCUT2D eigenvalue weighted by molar-refractivity contribution is 8.77. The summed E-state index contributed by atoms with van der Waals surface area (Å²) in [6, 6.07) is 53.3. The highest BCUT2D eigenvalue weighted by Gasteiger charge is 2.38. The van der Waals surface area contributed by atoms with Gasteiger partial charge in [0.1, 0.15) is 28.6 Å². The molecule has 488 valence electrons. The Bertz CT molecular complexity index is 4800. The minimum Gasteiger partial charge on any atom is -0.497 e. The number of piperidine rings is 2. The van der Waals surface area contributed by atoms with E-state index in [0.29, 0.717) is 102 Å². The molecule has 5 aromatic heterocycles. The van der Waals surface area contributed by atoms with E-state index < -0.39 is 5.97 Å². The van der Waals surface area contributed by atoms with E-state index in [-0.39, 0.29) is 45.8 Å². The normalized spacial score (nSPS) is 14.7. The number of carbonyl (C=O) groups is 6. The van der Waals surface area contributed by atoms with E-state index in [1.165, 1.54) is 25.4 Å². The Kier molecular flexibility index (Phi) is 19.0. The third kappa shape index (κ3) is 13.6. The molecule has 0 aliphatic carbocycles. The van der Waals surface area contributed by atoms with E-state index in [1.807, 2.05) is 102 Å². The number of para-hydroxylation sites is 3. The van der Waals surface area contributed by atoms with Gasteiger partial charge in [-0.15, -0.1) is 34.0 Å². The molecule has 16 rings (SSSR count). The maximum Gasteiger partial charge on any atom is 0.356 e. The molecule has 0 bridgehead atoms. The SMILES string of the molecule is COc1ccc(-n2nc(C(=O)O)c3c2C(=O)N(c2ccc(N4CCCCC4=O)cc2)CC3)cc1.COc1ccc(-n2nc(C(=O)Sc3nc4ccccc4s3)c3c2C(=O)N(c2ccc(N4CCCCC4=O)cc2)CC3)cc1.c1ccc2sc(SSc3nc4ccccc4s3)nc2c1. The first-order valence-corrected chi connectivity index (χ1v) is 36.6. The number of aromatic carboxylic acids is 1. The third-order valence-corrected chi connectivity index (χ3v) is 23.9. The van der Waals surface area contributed by atoms with E-state index in [4.69, 9.17) is 14.6 Å². The number of ether oxygens (including phenoxy) is 2. The molecule has 0 unspecified atom stereocenters. The van der Waals surface area contributed by atoms with Crippen LogP contribution in [-0.4, -0.2) is 115 Å².